The third-order valence-electron chi connectivity index (χ3n) is 2.21. The van der Waals surface area contributed by atoms with E-state index in [1.54, 1.807) is 6.92 Å². The van der Waals surface area contributed by atoms with Gasteiger partial charge in [-0.15, -0.1) is 0 Å². The molecule has 7 heteroatoms. The predicted octanol–water partition coefficient (Wildman–Crippen LogP) is 3.00. The number of hydrogen-bond acceptors (Lipinski definition) is 3. The topological polar surface area (TPSA) is 66.5 Å². The minimum Gasteiger partial charge on any atom is -0.455 e. The van der Waals surface area contributed by atoms with E-state index in [0.29, 0.717) is 6.42 Å². The maximum atomic E-state index is 11.8. The van der Waals surface area contributed by atoms with Crippen LogP contribution in [0.5, 0.6) is 0 Å². The molecule has 0 amide bonds. The van der Waals surface area contributed by atoms with E-state index < -0.39 is 5.97 Å². The number of aromatic amines is 1. The summed E-state index contributed by atoms with van der Waals surface area (Å²) in [5, 5.41) is 0.133. The molecule has 0 bridgehead atoms. The van der Waals surface area contributed by atoms with Gasteiger partial charge in [0.2, 0.25) is 0 Å². The summed E-state index contributed by atoms with van der Waals surface area (Å²) in [6.07, 6.45) is 0.475. The fraction of sp³-hybridized carbons (Fsp3) is 0.400. The number of halogens is 3. The van der Waals surface area contributed by atoms with Crippen molar-refractivity contribution in [1.29, 1.82) is 0 Å². The largest absolute Gasteiger partial charge is 0.455 e. The van der Waals surface area contributed by atoms with E-state index >= 15 is 0 Å². The van der Waals surface area contributed by atoms with E-state index in [-0.39, 0.29) is 32.7 Å². The molecule has 1 aromatic heterocycles. The minimum absolute atomic E-state index is 0.00105. The first-order chi connectivity index (χ1) is 7.88. The first-order valence-corrected chi connectivity index (χ1v) is 6.08. The molecular weight excluding hydrogens is 286 g/mol. The molecule has 1 heterocycles. The lowest BCUT2D eigenvalue weighted by Crippen LogP contribution is -2.24. The van der Waals surface area contributed by atoms with Crippen LogP contribution in [0.15, 0.2) is 0 Å². The number of aromatic nitrogens is 1. The monoisotopic (exact) mass is 297 g/mol. The third-order valence-corrected chi connectivity index (χ3v) is 3.37. The van der Waals surface area contributed by atoms with Crippen molar-refractivity contribution in [2.75, 3.05) is 5.73 Å². The van der Waals surface area contributed by atoms with Gasteiger partial charge in [0.1, 0.15) is 10.0 Å². The molecule has 0 aliphatic heterocycles. The molecule has 0 saturated carbocycles. The molecule has 94 valence electrons. The number of nitrogens with one attached hydrogen (secondary N) is 1. The molecular formula is C10H12Cl3N2O2+. The highest BCUT2D eigenvalue weighted by Crippen LogP contribution is 2.32. The number of nitrogens with two attached hydrogens (primary N) is 1. The van der Waals surface area contributed by atoms with Crippen LogP contribution in [0.25, 0.3) is 0 Å². The van der Waals surface area contributed by atoms with Crippen molar-refractivity contribution >= 4 is 46.5 Å². The maximum Gasteiger partial charge on any atom is 0.405 e. The van der Waals surface area contributed by atoms with Gasteiger partial charge in [-0.25, -0.2) is 4.79 Å². The van der Waals surface area contributed by atoms with E-state index in [1.807, 2.05) is 6.92 Å². The van der Waals surface area contributed by atoms with Crippen molar-refractivity contribution < 1.29 is 14.5 Å². The molecule has 0 aromatic carbocycles. The van der Waals surface area contributed by atoms with Crippen molar-refractivity contribution in [3.63, 3.8) is 0 Å². The zero-order chi connectivity index (χ0) is 13.2. The number of carbonyl (C=O) groups excluding carboxylic acids is 1. The van der Waals surface area contributed by atoms with Crippen molar-refractivity contribution in [3.8, 4) is 0 Å². The molecule has 1 aromatic rings. The molecule has 3 N–H and O–H groups in total. The van der Waals surface area contributed by atoms with E-state index in [9.17, 15) is 4.79 Å². The van der Waals surface area contributed by atoms with Gasteiger partial charge in [-0.3, -0.25) is 0 Å². The summed E-state index contributed by atoms with van der Waals surface area (Å²) >= 11 is 17.4. The Labute approximate surface area is 114 Å². The summed E-state index contributed by atoms with van der Waals surface area (Å²) < 4.78 is 5.10. The SMILES string of the molecule is CC[C@H](C)OC(=O)c1[nH+]c(Cl)c(Cl)c(N)c1Cl. The van der Waals surface area contributed by atoms with Crippen LogP contribution in [0.3, 0.4) is 0 Å². The summed E-state index contributed by atoms with van der Waals surface area (Å²) in [4.78, 5) is 14.3. The van der Waals surface area contributed by atoms with Gasteiger partial charge in [0, 0.05) is 0 Å². The number of H-pyrrole nitrogens is 1. The van der Waals surface area contributed by atoms with Crippen LogP contribution in [-0.4, -0.2) is 12.1 Å². The van der Waals surface area contributed by atoms with Crippen LogP contribution >= 0.6 is 34.8 Å². The zero-order valence-electron chi connectivity index (χ0n) is 9.31. The number of anilines is 1. The average Bonchev–Trinajstić information content (AvgIpc) is 2.30. The van der Waals surface area contributed by atoms with Crippen LogP contribution < -0.4 is 10.7 Å². The van der Waals surface area contributed by atoms with Gasteiger partial charge >= 0.3 is 11.7 Å². The lowest BCUT2D eigenvalue weighted by atomic mass is 10.3. The Hall–Kier alpha value is -0.710. The first kappa shape index (κ1) is 14.4. The van der Waals surface area contributed by atoms with Crippen molar-refractivity contribution in [1.82, 2.24) is 0 Å². The Morgan fingerprint density at radius 3 is 2.53 bits per heavy atom. The lowest BCUT2D eigenvalue weighted by molar-refractivity contribution is -0.380. The van der Waals surface area contributed by atoms with Crippen LogP contribution in [0.4, 0.5) is 5.69 Å². The second-order valence-corrected chi connectivity index (χ2v) is 4.61. The summed E-state index contributed by atoms with van der Waals surface area (Å²) in [6, 6.07) is 0. The van der Waals surface area contributed by atoms with E-state index in [4.69, 9.17) is 45.3 Å². The Bertz CT molecular complexity index is 452. The Morgan fingerprint density at radius 2 is 2.00 bits per heavy atom. The molecule has 0 aliphatic carbocycles. The summed E-state index contributed by atoms with van der Waals surface area (Å²) in [5.41, 5.74) is 5.66. The van der Waals surface area contributed by atoms with Gasteiger partial charge in [-0.2, -0.15) is 4.98 Å². The van der Waals surface area contributed by atoms with Crippen LogP contribution in [0.2, 0.25) is 15.2 Å². The summed E-state index contributed by atoms with van der Waals surface area (Å²) in [5.74, 6) is -0.616. The molecule has 4 nitrogen and oxygen atoms in total. The Kier molecular flexibility index (Phi) is 4.86. The third kappa shape index (κ3) is 3.15. The first-order valence-electron chi connectivity index (χ1n) is 4.94. The fourth-order valence-corrected chi connectivity index (χ4v) is 1.64. The quantitative estimate of drug-likeness (QED) is 0.689. The predicted molar refractivity (Wildman–Crippen MR) is 67.6 cm³/mol. The Balaban J connectivity index is 3.11. The smallest absolute Gasteiger partial charge is 0.405 e. The standard InChI is InChI=1S/C10H11Cl3N2O2/c1-3-4(2)17-10(16)8-5(11)7(14)6(12)9(13)15-8/h4H,3H2,1-2H3,(H2,14,15)/p+1/t4-/m0/s1. The van der Waals surface area contributed by atoms with Crippen molar-refractivity contribution in [2.24, 2.45) is 0 Å². The Morgan fingerprint density at radius 1 is 1.41 bits per heavy atom. The van der Waals surface area contributed by atoms with Crippen LogP contribution in [0, 0.1) is 0 Å². The van der Waals surface area contributed by atoms with E-state index in [2.05, 4.69) is 4.98 Å². The number of pyridine rings is 1. The van der Waals surface area contributed by atoms with Gasteiger partial charge in [-0.05, 0) is 24.9 Å². The summed E-state index contributed by atoms with van der Waals surface area (Å²) in [7, 11) is 0. The van der Waals surface area contributed by atoms with Gasteiger partial charge in [0.15, 0.2) is 0 Å². The highest BCUT2D eigenvalue weighted by atomic mass is 35.5. The fourth-order valence-electron chi connectivity index (χ4n) is 1.03. The number of carbonyl (C=O) groups is 1. The maximum absolute atomic E-state index is 11.8. The molecule has 0 unspecified atom stereocenters. The molecule has 0 spiro atoms. The molecule has 0 aliphatic rings. The van der Waals surface area contributed by atoms with Crippen LogP contribution in [-0.2, 0) is 4.74 Å². The second-order valence-electron chi connectivity index (χ2n) is 3.48. The molecule has 1 rings (SSSR count). The van der Waals surface area contributed by atoms with Crippen LogP contribution in [0.1, 0.15) is 30.8 Å². The van der Waals surface area contributed by atoms with Crippen molar-refractivity contribution in [2.45, 2.75) is 26.4 Å². The molecule has 0 fully saturated rings. The van der Waals surface area contributed by atoms with Gasteiger partial charge in [-0.1, -0.05) is 30.1 Å². The lowest BCUT2D eigenvalue weighted by Gasteiger charge is -2.09. The number of nitrogen functional groups attached to an aromatic ring is 1. The van der Waals surface area contributed by atoms with E-state index in [1.165, 1.54) is 0 Å². The number of hydrogen-bond donors (Lipinski definition) is 1. The molecule has 0 saturated heterocycles. The number of esters is 1. The average molecular weight is 299 g/mol. The molecule has 17 heavy (non-hydrogen) atoms. The normalized spacial score (nSPS) is 12.3. The number of rotatable bonds is 3. The molecule has 1 atom stereocenters. The minimum atomic E-state index is -0.616. The number of ether oxygens (including phenoxy) is 1. The highest BCUT2D eigenvalue weighted by molar-refractivity contribution is 6.45. The van der Waals surface area contributed by atoms with Gasteiger partial charge in [0.05, 0.1) is 11.8 Å². The molecule has 0 radical (unpaired) electrons. The van der Waals surface area contributed by atoms with Crippen molar-refractivity contribution in [3.05, 3.63) is 20.9 Å². The highest BCUT2D eigenvalue weighted by Gasteiger charge is 2.28. The summed E-state index contributed by atoms with van der Waals surface area (Å²) in [6.45, 7) is 3.67. The van der Waals surface area contributed by atoms with E-state index in [0.717, 1.165) is 0 Å². The van der Waals surface area contributed by atoms with Gasteiger partial charge in [0.25, 0.3) is 5.15 Å². The second kappa shape index (κ2) is 5.76. The zero-order valence-corrected chi connectivity index (χ0v) is 11.6. The van der Waals surface area contributed by atoms with Gasteiger partial charge < -0.3 is 10.5 Å².